The van der Waals surface area contributed by atoms with Crippen LogP contribution in [0, 0.1) is 11.3 Å². The predicted octanol–water partition coefficient (Wildman–Crippen LogP) is 1.27. The Morgan fingerprint density at radius 1 is 1.29 bits per heavy atom. The lowest BCUT2D eigenvalue weighted by Crippen LogP contribution is -2.55. The first-order chi connectivity index (χ1) is 9.97. The van der Waals surface area contributed by atoms with Crippen molar-refractivity contribution in [2.75, 3.05) is 19.6 Å². The molecule has 5 heteroatoms. The Bertz CT molecular complexity index is 389. The number of piperidine rings is 1. The van der Waals surface area contributed by atoms with E-state index >= 15 is 0 Å². The van der Waals surface area contributed by atoms with Gasteiger partial charge in [0, 0.05) is 32.6 Å². The minimum absolute atomic E-state index is 0.0191. The van der Waals surface area contributed by atoms with Gasteiger partial charge in [0.05, 0.1) is 5.41 Å². The highest BCUT2D eigenvalue weighted by molar-refractivity contribution is 5.83. The second kappa shape index (κ2) is 6.77. The van der Waals surface area contributed by atoms with E-state index in [0.717, 1.165) is 45.1 Å². The maximum absolute atomic E-state index is 13.0. The fraction of sp³-hybridized carbons (Fsp3) is 0.875. The van der Waals surface area contributed by atoms with E-state index in [2.05, 4.69) is 12.2 Å². The molecule has 2 aliphatic rings. The van der Waals surface area contributed by atoms with Crippen LogP contribution in [0.3, 0.4) is 0 Å². The number of rotatable bonds is 3. The van der Waals surface area contributed by atoms with Gasteiger partial charge in [-0.1, -0.05) is 6.92 Å². The standard InChI is InChI=1S/C16H29N3O2/c1-12-5-7-16(11-17,8-6-12)15(21)19-9-3-4-14(10-19)18-13(2)20/h12,14H,3-11,17H2,1-2H3,(H,18,20). The Hall–Kier alpha value is -1.10. The van der Waals surface area contributed by atoms with Gasteiger partial charge >= 0.3 is 0 Å². The fourth-order valence-corrected chi connectivity index (χ4v) is 3.72. The van der Waals surface area contributed by atoms with Crippen molar-refractivity contribution in [3.05, 3.63) is 0 Å². The number of nitrogens with two attached hydrogens (primary N) is 1. The van der Waals surface area contributed by atoms with Gasteiger partial charge in [0.1, 0.15) is 0 Å². The number of carbonyl (C=O) groups is 2. The summed E-state index contributed by atoms with van der Waals surface area (Å²) in [6, 6.07) is 0.0949. The average molecular weight is 295 g/mol. The molecule has 1 unspecified atom stereocenters. The van der Waals surface area contributed by atoms with E-state index in [9.17, 15) is 9.59 Å². The molecular formula is C16H29N3O2. The third kappa shape index (κ3) is 3.76. The third-order valence-corrected chi connectivity index (χ3v) is 5.19. The monoisotopic (exact) mass is 295 g/mol. The second-order valence-electron chi connectivity index (χ2n) is 6.96. The summed E-state index contributed by atoms with van der Waals surface area (Å²) in [7, 11) is 0. The molecule has 120 valence electrons. The van der Waals surface area contributed by atoms with Gasteiger partial charge in [-0.15, -0.1) is 0 Å². The predicted molar refractivity (Wildman–Crippen MR) is 82.5 cm³/mol. The first-order valence-corrected chi connectivity index (χ1v) is 8.23. The van der Waals surface area contributed by atoms with E-state index in [1.807, 2.05) is 4.90 Å². The Morgan fingerprint density at radius 2 is 1.95 bits per heavy atom. The van der Waals surface area contributed by atoms with Gasteiger partial charge in [-0.05, 0) is 44.4 Å². The number of amides is 2. The van der Waals surface area contributed by atoms with Crippen LogP contribution in [0.4, 0.5) is 0 Å². The molecular weight excluding hydrogens is 266 g/mol. The van der Waals surface area contributed by atoms with Crippen molar-refractivity contribution in [1.29, 1.82) is 0 Å². The van der Waals surface area contributed by atoms with Crippen molar-refractivity contribution in [3.8, 4) is 0 Å². The number of likely N-dealkylation sites (tertiary alicyclic amines) is 1. The molecule has 2 amide bonds. The van der Waals surface area contributed by atoms with Crippen LogP contribution >= 0.6 is 0 Å². The molecule has 0 aromatic rings. The fourth-order valence-electron chi connectivity index (χ4n) is 3.72. The molecule has 0 spiro atoms. The Labute approximate surface area is 127 Å². The molecule has 1 atom stereocenters. The molecule has 3 N–H and O–H groups in total. The Kier molecular flexibility index (Phi) is 5.25. The quantitative estimate of drug-likeness (QED) is 0.823. The van der Waals surface area contributed by atoms with Crippen molar-refractivity contribution in [3.63, 3.8) is 0 Å². The number of carbonyl (C=O) groups excluding carboxylic acids is 2. The minimum Gasteiger partial charge on any atom is -0.352 e. The molecule has 5 nitrogen and oxygen atoms in total. The van der Waals surface area contributed by atoms with Gasteiger partial charge in [0.25, 0.3) is 0 Å². The largest absolute Gasteiger partial charge is 0.352 e. The van der Waals surface area contributed by atoms with Crippen LogP contribution in [0.2, 0.25) is 0 Å². The van der Waals surface area contributed by atoms with Crippen LogP contribution < -0.4 is 11.1 Å². The van der Waals surface area contributed by atoms with Crippen molar-refractivity contribution in [2.24, 2.45) is 17.1 Å². The summed E-state index contributed by atoms with van der Waals surface area (Å²) >= 11 is 0. The zero-order valence-electron chi connectivity index (χ0n) is 13.4. The number of nitrogens with zero attached hydrogens (tertiary/aromatic N) is 1. The topological polar surface area (TPSA) is 75.4 Å². The van der Waals surface area contributed by atoms with E-state index in [4.69, 9.17) is 5.73 Å². The maximum Gasteiger partial charge on any atom is 0.230 e. The molecule has 1 saturated heterocycles. The van der Waals surface area contributed by atoms with E-state index in [1.165, 1.54) is 6.92 Å². The van der Waals surface area contributed by atoms with E-state index in [1.54, 1.807) is 0 Å². The molecule has 0 radical (unpaired) electrons. The lowest BCUT2D eigenvalue weighted by molar-refractivity contribution is -0.146. The molecule has 1 saturated carbocycles. The summed E-state index contributed by atoms with van der Waals surface area (Å²) in [6.45, 7) is 5.66. The SMILES string of the molecule is CC(=O)NC1CCCN(C(=O)C2(CN)CCC(C)CC2)C1. The molecule has 1 aliphatic carbocycles. The summed E-state index contributed by atoms with van der Waals surface area (Å²) in [5.74, 6) is 0.896. The lowest BCUT2D eigenvalue weighted by atomic mass is 9.69. The van der Waals surface area contributed by atoms with Gasteiger partial charge in [-0.3, -0.25) is 9.59 Å². The van der Waals surface area contributed by atoms with Gasteiger partial charge < -0.3 is 16.0 Å². The summed E-state index contributed by atoms with van der Waals surface area (Å²) in [6.07, 6.45) is 5.90. The lowest BCUT2D eigenvalue weighted by Gasteiger charge is -2.43. The van der Waals surface area contributed by atoms with Crippen LogP contribution in [0.5, 0.6) is 0 Å². The first kappa shape index (κ1) is 16.3. The molecule has 0 aromatic carbocycles. The van der Waals surface area contributed by atoms with Crippen LogP contribution in [0.15, 0.2) is 0 Å². The molecule has 1 aliphatic heterocycles. The average Bonchev–Trinajstić information content (AvgIpc) is 2.47. The highest BCUT2D eigenvalue weighted by atomic mass is 16.2. The summed E-state index contributed by atoms with van der Waals surface area (Å²) in [4.78, 5) is 26.1. The van der Waals surface area contributed by atoms with Crippen molar-refractivity contribution in [1.82, 2.24) is 10.2 Å². The molecule has 0 bridgehead atoms. The van der Waals surface area contributed by atoms with Gasteiger partial charge in [-0.25, -0.2) is 0 Å². The number of hydrogen-bond donors (Lipinski definition) is 2. The smallest absolute Gasteiger partial charge is 0.230 e. The molecule has 2 rings (SSSR count). The highest BCUT2D eigenvalue weighted by Gasteiger charge is 2.43. The maximum atomic E-state index is 13.0. The van der Waals surface area contributed by atoms with Crippen LogP contribution in [0.1, 0.15) is 52.4 Å². The van der Waals surface area contributed by atoms with E-state index in [0.29, 0.717) is 19.0 Å². The Morgan fingerprint density at radius 3 is 2.52 bits per heavy atom. The van der Waals surface area contributed by atoms with Crippen LogP contribution in [-0.2, 0) is 9.59 Å². The van der Waals surface area contributed by atoms with Gasteiger partial charge in [-0.2, -0.15) is 0 Å². The normalized spacial score (nSPS) is 33.6. The molecule has 1 heterocycles. The van der Waals surface area contributed by atoms with Crippen LogP contribution in [-0.4, -0.2) is 42.4 Å². The van der Waals surface area contributed by atoms with Crippen molar-refractivity contribution >= 4 is 11.8 Å². The van der Waals surface area contributed by atoms with E-state index < -0.39 is 0 Å². The summed E-state index contributed by atoms with van der Waals surface area (Å²) < 4.78 is 0. The van der Waals surface area contributed by atoms with E-state index in [-0.39, 0.29) is 23.3 Å². The molecule has 21 heavy (non-hydrogen) atoms. The Balaban J connectivity index is 2.02. The second-order valence-corrected chi connectivity index (χ2v) is 6.96. The summed E-state index contributed by atoms with van der Waals surface area (Å²) in [5, 5.41) is 2.94. The van der Waals surface area contributed by atoms with Crippen LogP contribution in [0.25, 0.3) is 0 Å². The number of hydrogen-bond acceptors (Lipinski definition) is 3. The van der Waals surface area contributed by atoms with Gasteiger partial charge in [0.15, 0.2) is 0 Å². The third-order valence-electron chi connectivity index (χ3n) is 5.19. The van der Waals surface area contributed by atoms with Crippen molar-refractivity contribution in [2.45, 2.75) is 58.4 Å². The highest BCUT2D eigenvalue weighted by Crippen LogP contribution is 2.40. The van der Waals surface area contributed by atoms with Gasteiger partial charge in [0.2, 0.25) is 11.8 Å². The first-order valence-electron chi connectivity index (χ1n) is 8.23. The summed E-state index contributed by atoms with van der Waals surface area (Å²) in [5.41, 5.74) is 5.63. The zero-order valence-corrected chi connectivity index (χ0v) is 13.4. The number of nitrogens with one attached hydrogen (secondary N) is 1. The zero-order chi connectivity index (χ0) is 15.5. The van der Waals surface area contributed by atoms with Crippen molar-refractivity contribution < 1.29 is 9.59 Å². The molecule has 2 fully saturated rings. The minimum atomic E-state index is -0.357. The molecule has 0 aromatic heterocycles.